The van der Waals surface area contributed by atoms with E-state index in [1.165, 1.54) is 0 Å². The second-order valence-electron chi connectivity index (χ2n) is 3.65. The second kappa shape index (κ2) is 5.33. The van der Waals surface area contributed by atoms with Gasteiger partial charge in [-0.05, 0) is 13.0 Å². The average Bonchev–Trinajstić information content (AvgIpc) is 2.68. The molecule has 0 radical (unpaired) electrons. The van der Waals surface area contributed by atoms with Gasteiger partial charge in [-0.3, -0.25) is 0 Å². The van der Waals surface area contributed by atoms with Crippen LogP contribution >= 0.6 is 22.9 Å². The Morgan fingerprint density at radius 3 is 3.00 bits per heavy atom. The van der Waals surface area contributed by atoms with Gasteiger partial charge in [-0.15, -0.1) is 11.3 Å². The Kier molecular flexibility index (Phi) is 3.81. The van der Waals surface area contributed by atoms with Crippen LogP contribution < -0.4 is 11.1 Å². The minimum Gasteiger partial charge on any atom is -0.396 e. The van der Waals surface area contributed by atoms with Crippen molar-refractivity contribution in [3.8, 4) is 0 Å². The van der Waals surface area contributed by atoms with Crippen LogP contribution in [-0.2, 0) is 6.42 Å². The van der Waals surface area contributed by atoms with Crippen molar-refractivity contribution in [2.75, 3.05) is 17.6 Å². The van der Waals surface area contributed by atoms with Crippen LogP contribution in [0.1, 0.15) is 10.7 Å². The molecule has 0 aliphatic rings. The fraction of sp³-hybridized carbons (Fsp3) is 0.273. The fourth-order valence-electron chi connectivity index (χ4n) is 1.41. The van der Waals surface area contributed by atoms with Crippen molar-refractivity contribution in [1.29, 1.82) is 0 Å². The molecule has 4 nitrogen and oxygen atoms in total. The molecule has 0 aliphatic carbocycles. The summed E-state index contributed by atoms with van der Waals surface area (Å²) in [5.74, 6) is 0.669. The van der Waals surface area contributed by atoms with Gasteiger partial charge in [-0.25, -0.2) is 9.97 Å². The molecule has 17 heavy (non-hydrogen) atoms. The lowest BCUT2D eigenvalue weighted by Crippen LogP contribution is -2.08. The Morgan fingerprint density at radius 1 is 1.53 bits per heavy atom. The first-order valence-corrected chi connectivity index (χ1v) is 6.47. The maximum atomic E-state index is 5.78. The van der Waals surface area contributed by atoms with Crippen LogP contribution in [0.2, 0.25) is 5.02 Å². The van der Waals surface area contributed by atoms with E-state index in [0.29, 0.717) is 16.5 Å². The third-order valence-electron chi connectivity index (χ3n) is 2.18. The van der Waals surface area contributed by atoms with Gasteiger partial charge in [0.1, 0.15) is 5.82 Å². The number of hydrogen-bond donors (Lipinski definition) is 2. The molecule has 0 bridgehead atoms. The predicted molar refractivity (Wildman–Crippen MR) is 72.7 cm³/mol. The Labute approximate surface area is 109 Å². The molecule has 0 amide bonds. The summed E-state index contributed by atoms with van der Waals surface area (Å²) in [7, 11) is 0. The molecule has 6 heteroatoms. The van der Waals surface area contributed by atoms with Crippen molar-refractivity contribution in [2.45, 2.75) is 13.3 Å². The number of rotatable bonds is 4. The molecule has 0 spiro atoms. The molecule has 2 aromatic heterocycles. The topological polar surface area (TPSA) is 63.8 Å². The summed E-state index contributed by atoms with van der Waals surface area (Å²) in [6.07, 6.45) is 2.44. The number of halogens is 1. The molecular formula is C11H13ClN4S. The number of nitrogens with zero attached hydrogens (tertiary/aromatic N) is 2. The Balaban J connectivity index is 1.90. The quantitative estimate of drug-likeness (QED) is 0.895. The Hall–Kier alpha value is -1.33. The van der Waals surface area contributed by atoms with E-state index in [1.54, 1.807) is 23.6 Å². The van der Waals surface area contributed by atoms with Crippen LogP contribution in [0.15, 0.2) is 17.6 Å². The van der Waals surface area contributed by atoms with Crippen LogP contribution in [0.3, 0.4) is 0 Å². The maximum Gasteiger partial charge on any atom is 0.149 e. The van der Waals surface area contributed by atoms with Gasteiger partial charge in [0.25, 0.3) is 0 Å². The van der Waals surface area contributed by atoms with E-state index in [0.717, 1.165) is 23.7 Å². The number of thiazole rings is 1. The van der Waals surface area contributed by atoms with Gasteiger partial charge in [-0.2, -0.15) is 0 Å². The van der Waals surface area contributed by atoms with Crippen molar-refractivity contribution >= 4 is 34.4 Å². The van der Waals surface area contributed by atoms with Crippen molar-refractivity contribution in [3.63, 3.8) is 0 Å². The molecule has 0 fully saturated rings. The zero-order chi connectivity index (χ0) is 12.3. The number of nitrogens with one attached hydrogen (secondary N) is 1. The summed E-state index contributed by atoms with van der Waals surface area (Å²) in [5, 5.41) is 6.87. The molecule has 2 heterocycles. The Morgan fingerprint density at radius 2 is 2.35 bits per heavy atom. The fourth-order valence-corrected chi connectivity index (χ4v) is 2.35. The Bertz CT molecular complexity index is 512. The monoisotopic (exact) mass is 268 g/mol. The number of nitrogens with two attached hydrogens (primary N) is 1. The van der Waals surface area contributed by atoms with Gasteiger partial charge in [-0.1, -0.05) is 11.6 Å². The van der Waals surface area contributed by atoms with Gasteiger partial charge in [0.15, 0.2) is 0 Å². The number of pyridine rings is 1. The summed E-state index contributed by atoms with van der Waals surface area (Å²) >= 11 is 7.44. The number of nitrogen functional groups attached to an aromatic ring is 1. The van der Waals surface area contributed by atoms with E-state index < -0.39 is 0 Å². The van der Waals surface area contributed by atoms with E-state index in [4.69, 9.17) is 17.3 Å². The first-order chi connectivity index (χ1) is 8.15. The number of aryl methyl sites for hydroxylation is 1. The molecule has 0 saturated heterocycles. The molecule has 90 valence electrons. The smallest absolute Gasteiger partial charge is 0.149 e. The van der Waals surface area contributed by atoms with Crippen molar-refractivity contribution in [3.05, 3.63) is 33.4 Å². The molecule has 2 aromatic rings. The third-order valence-corrected chi connectivity index (χ3v) is 3.41. The molecule has 0 saturated carbocycles. The zero-order valence-electron chi connectivity index (χ0n) is 9.40. The van der Waals surface area contributed by atoms with Crippen LogP contribution in [0.5, 0.6) is 0 Å². The standard InChI is InChI=1S/C11H13ClN4S/c1-7-6-17-10(16-7)2-3-14-11-9(13)4-8(12)5-15-11/h4-6H,2-3,13H2,1H3,(H,14,15). The molecule has 0 unspecified atom stereocenters. The van der Waals surface area contributed by atoms with Gasteiger partial charge >= 0.3 is 0 Å². The number of aromatic nitrogens is 2. The largest absolute Gasteiger partial charge is 0.396 e. The highest BCUT2D eigenvalue weighted by atomic mass is 35.5. The summed E-state index contributed by atoms with van der Waals surface area (Å²) in [4.78, 5) is 8.51. The van der Waals surface area contributed by atoms with Crippen molar-refractivity contribution in [1.82, 2.24) is 9.97 Å². The lowest BCUT2D eigenvalue weighted by molar-refractivity contribution is 0.978. The minimum absolute atomic E-state index is 0.545. The van der Waals surface area contributed by atoms with E-state index in [1.807, 2.05) is 12.3 Å². The summed E-state index contributed by atoms with van der Waals surface area (Å²) in [6, 6.07) is 1.68. The van der Waals surface area contributed by atoms with E-state index in [-0.39, 0.29) is 0 Å². The predicted octanol–water partition coefficient (Wildman–Crippen LogP) is 2.74. The number of hydrogen-bond acceptors (Lipinski definition) is 5. The normalized spacial score (nSPS) is 10.5. The zero-order valence-corrected chi connectivity index (χ0v) is 11.0. The highest BCUT2D eigenvalue weighted by Gasteiger charge is 2.02. The molecule has 0 atom stereocenters. The summed E-state index contributed by atoms with van der Waals surface area (Å²) in [6.45, 7) is 2.75. The first-order valence-electron chi connectivity index (χ1n) is 5.21. The highest BCUT2D eigenvalue weighted by molar-refractivity contribution is 7.09. The maximum absolute atomic E-state index is 5.78. The lowest BCUT2D eigenvalue weighted by Gasteiger charge is -2.07. The highest BCUT2D eigenvalue weighted by Crippen LogP contribution is 2.19. The van der Waals surface area contributed by atoms with Gasteiger partial charge in [0, 0.05) is 30.2 Å². The van der Waals surface area contributed by atoms with Crippen molar-refractivity contribution in [2.24, 2.45) is 0 Å². The van der Waals surface area contributed by atoms with E-state index >= 15 is 0 Å². The lowest BCUT2D eigenvalue weighted by atomic mass is 10.3. The van der Waals surface area contributed by atoms with Gasteiger partial charge < -0.3 is 11.1 Å². The van der Waals surface area contributed by atoms with Gasteiger partial charge in [0.2, 0.25) is 0 Å². The first kappa shape index (κ1) is 12.1. The van der Waals surface area contributed by atoms with E-state index in [9.17, 15) is 0 Å². The summed E-state index contributed by atoms with van der Waals surface area (Å²) < 4.78 is 0. The SMILES string of the molecule is Cc1csc(CCNc2ncc(Cl)cc2N)n1. The third kappa shape index (κ3) is 3.31. The molecule has 2 rings (SSSR count). The second-order valence-corrected chi connectivity index (χ2v) is 5.03. The number of anilines is 2. The molecular weight excluding hydrogens is 256 g/mol. The van der Waals surface area contributed by atoms with Crippen LogP contribution in [0.25, 0.3) is 0 Å². The van der Waals surface area contributed by atoms with E-state index in [2.05, 4.69) is 15.3 Å². The molecule has 0 aliphatic heterocycles. The van der Waals surface area contributed by atoms with Crippen LogP contribution in [0.4, 0.5) is 11.5 Å². The molecule has 3 N–H and O–H groups in total. The van der Waals surface area contributed by atoms with Gasteiger partial charge in [0.05, 0.1) is 15.7 Å². The van der Waals surface area contributed by atoms with Crippen LogP contribution in [0, 0.1) is 6.92 Å². The average molecular weight is 269 g/mol. The summed E-state index contributed by atoms with van der Waals surface area (Å²) in [5.41, 5.74) is 7.41. The molecule has 0 aromatic carbocycles. The van der Waals surface area contributed by atoms with Crippen LogP contribution in [-0.4, -0.2) is 16.5 Å². The van der Waals surface area contributed by atoms with Crippen molar-refractivity contribution < 1.29 is 0 Å². The minimum atomic E-state index is 0.545.